The highest BCUT2D eigenvalue weighted by Gasteiger charge is 2.34. The van der Waals surface area contributed by atoms with E-state index in [-0.39, 0.29) is 17.9 Å². The molecule has 0 saturated heterocycles. The van der Waals surface area contributed by atoms with Gasteiger partial charge in [0.05, 0.1) is 7.11 Å². The Labute approximate surface area is 166 Å². The van der Waals surface area contributed by atoms with Gasteiger partial charge in [-0.15, -0.1) is 0 Å². The van der Waals surface area contributed by atoms with Crippen molar-refractivity contribution in [1.82, 2.24) is 5.32 Å². The van der Waals surface area contributed by atoms with E-state index in [1.165, 1.54) is 13.3 Å². The summed E-state index contributed by atoms with van der Waals surface area (Å²) in [6, 6.07) is 16.1. The summed E-state index contributed by atoms with van der Waals surface area (Å²) >= 11 is 0. The summed E-state index contributed by atoms with van der Waals surface area (Å²) in [6.45, 7) is 1.49. The molecule has 2 amide bonds. The second-order valence-electron chi connectivity index (χ2n) is 7.21. The minimum Gasteiger partial charge on any atom is -0.496 e. The van der Waals surface area contributed by atoms with Crippen molar-refractivity contribution >= 4 is 17.5 Å². The molecule has 0 aromatic heterocycles. The van der Waals surface area contributed by atoms with E-state index in [2.05, 4.69) is 5.32 Å². The van der Waals surface area contributed by atoms with Crippen LogP contribution in [-0.4, -0.2) is 25.0 Å². The van der Waals surface area contributed by atoms with Crippen molar-refractivity contribution in [2.75, 3.05) is 12.0 Å². The zero-order valence-corrected chi connectivity index (χ0v) is 16.6. The zero-order valence-electron chi connectivity index (χ0n) is 16.6. The summed E-state index contributed by atoms with van der Waals surface area (Å²) in [5.41, 5.74) is 1.36. The third kappa shape index (κ3) is 4.53. The van der Waals surface area contributed by atoms with E-state index in [1.807, 2.05) is 54.6 Å². The van der Waals surface area contributed by atoms with Crippen molar-refractivity contribution in [3.63, 3.8) is 0 Å². The molecule has 1 saturated carbocycles. The lowest BCUT2D eigenvalue weighted by molar-refractivity contribution is -0.126. The van der Waals surface area contributed by atoms with Gasteiger partial charge in [0.15, 0.2) is 0 Å². The maximum Gasteiger partial charge on any atom is 0.248 e. The predicted octanol–water partition coefficient (Wildman–Crippen LogP) is 4.24. The Hall–Kier alpha value is -2.82. The lowest BCUT2D eigenvalue weighted by Crippen LogP contribution is -2.46. The Bertz CT molecular complexity index is 801. The molecule has 3 rings (SSSR count). The number of para-hydroxylation sites is 2. The number of methoxy groups -OCH3 is 1. The molecule has 1 N–H and O–H groups in total. The number of hydrogen-bond acceptors (Lipinski definition) is 3. The molecule has 1 fully saturated rings. The predicted molar refractivity (Wildman–Crippen MR) is 110 cm³/mol. The van der Waals surface area contributed by atoms with Crippen LogP contribution in [0.2, 0.25) is 0 Å². The van der Waals surface area contributed by atoms with Gasteiger partial charge in [0.25, 0.3) is 0 Å². The molecule has 0 aliphatic heterocycles. The minimum atomic E-state index is -0.794. The Kier molecular flexibility index (Phi) is 6.69. The van der Waals surface area contributed by atoms with Crippen LogP contribution in [0.25, 0.3) is 0 Å². The van der Waals surface area contributed by atoms with E-state index < -0.39 is 6.04 Å². The standard InChI is InChI=1S/C23H28N2O3/c1-17(26)25(19-13-7-4-8-14-19)22(20-15-9-10-16-21(20)28-2)23(27)24-18-11-5-3-6-12-18/h4,7-10,13-16,18,22H,3,5-6,11-12H2,1-2H3,(H,24,27). The molecule has 0 bridgehead atoms. The average molecular weight is 380 g/mol. The van der Waals surface area contributed by atoms with Gasteiger partial charge in [-0.3, -0.25) is 14.5 Å². The molecule has 2 aromatic rings. The smallest absolute Gasteiger partial charge is 0.248 e. The van der Waals surface area contributed by atoms with Gasteiger partial charge in [0.1, 0.15) is 11.8 Å². The normalized spacial score (nSPS) is 15.5. The highest BCUT2D eigenvalue weighted by Crippen LogP contribution is 2.33. The summed E-state index contributed by atoms with van der Waals surface area (Å²) in [4.78, 5) is 27.7. The molecule has 28 heavy (non-hydrogen) atoms. The number of carbonyl (C=O) groups is 2. The molecule has 148 valence electrons. The molecular formula is C23H28N2O3. The fourth-order valence-corrected chi connectivity index (χ4v) is 3.92. The maximum absolute atomic E-state index is 13.4. The topological polar surface area (TPSA) is 58.6 Å². The lowest BCUT2D eigenvalue weighted by atomic mass is 9.94. The molecule has 5 nitrogen and oxygen atoms in total. The maximum atomic E-state index is 13.4. The fraction of sp³-hybridized carbons (Fsp3) is 0.391. The van der Waals surface area contributed by atoms with Crippen LogP contribution in [0, 0.1) is 0 Å². The Morgan fingerprint density at radius 1 is 1.00 bits per heavy atom. The van der Waals surface area contributed by atoms with E-state index in [4.69, 9.17) is 4.74 Å². The number of anilines is 1. The van der Waals surface area contributed by atoms with Crippen LogP contribution in [0.1, 0.15) is 50.6 Å². The van der Waals surface area contributed by atoms with Gasteiger partial charge >= 0.3 is 0 Å². The van der Waals surface area contributed by atoms with Gasteiger partial charge in [-0.05, 0) is 31.0 Å². The largest absolute Gasteiger partial charge is 0.496 e. The lowest BCUT2D eigenvalue weighted by Gasteiger charge is -2.33. The molecule has 1 aliphatic carbocycles. The van der Waals surface area contributed by atoms with E-state index in [9.17, 15) is 9.59 Å². The minimum absolute atomic E-state index is 0.156. The number of carbonyl (C=O) groups excluding carboxylic acids is 2. The summed E-state index contributed by atoms with van der Waals surface area (Å²) in [7, 11) is 1.58. The van der Waals surface area contributed by atoms with Gasteiger partial charge in [0, 0.05) is 24.2 Å². The van der Waals surface area contributed by atoms with Gasteiger partial charge in [0.2, 0.25) is 11.8 Å². The van der Waals surface area contributed by atoms with Crippen LogP contribution in [-0.2, 0) is 9.59 Å². The van der Waals surface area contributed by atoms with Gasteiger partial charge in [-0.1, -0.05) is 55.7 Å². The van der Waals surface area contributed by atoms with Crippen LogP contribution in [0.3, 0.4) is 0 Å². The van der Waals surface area contributed by atoms with Crippen LogP contribution < -0.4 is 15.0 Å². The highest BCUT2D eigenvalue weighted by atomic mass is 16.5. The molecule has 0 spiro atoms. The quantitative estimate of drug-likeness (QED) is 0.815. The number of nitrogens with zero attached hydrogens (tertiary/aromatic N) is 1. The molecule has 0 radical (unpaired) electrons. The first-order valence-electron chi connectivity index (χ1n) is 9.90. The molecule has 0 heterocycles. The first-order valence-corrected chi connectivity index (χ1v) is 9.90. The Balaban J connectivity index is 2.02. The van der Waals surface area contributed by atoms with Crippen LogP contribution >= 0.6 is 0 Å². The third-order valence-electron chi connectivity index (χ3n) is 5.27. The van der Waals surface area contributed by atoms with Crippen molar-refractivity contribution in [1.29, 1.82) is 0 Å². The summed E-state index contributed by atoms with van der Waals surface area (Å²) in [5, 5.41) is 3.19. The SMILES string of the molecule is COc1ccccc1C(C(=O)NC1CCCCC1)N(C(C)=O)c1ccccc1. The summed E-state index contributed by atoms with van der Waals surface area (Å²) in [6.07, 6.45) is 5.43. The van der Waals surface area contributed by atoms with Crippen molar-refractivity contribution < 1.29 is 14.3 Å². The van der Waals surface area contributed by atoms with Crippen molar-refractivity contribution in [3.05, 3.63) is 60.2 Å². The molecule has 1 atom stereocenters. The fourth-order valence-electron chi connectivity index (χ4n) is 3.92. The van der Waals surface area contributed by atoms with Crippen molar-refractivity contribution in [2.45, 2.75) is 51.1 Å². The Morgan fingerprint density at radius 3 is 2.29 bits per heavy atom. The molecular weight excluding hydrogens is 352 g/mol. The van der Waals surface area contributed by atoms with Gasteiger partial charge < -0.3 is 10.1 Å². The molecule has 5 heteroatoms. The first kappa shape index (κ1) is 19.9. The number of nitrogens with one attached hydrogen (secondary N) is 1. The summed E-state index contributed by atoms with van der Waals surface area (Å²) in [5.74, 6) is 0.227. The number of hydrogen-bond donors (Lipinski definition) is 1. The van der Waals surface area contributed by atoms with Crippen LogP contribution in [0.15, 0.2) is 54.6 Å². The monoisotopic (exact) mass is 380 g/mol. The van der Waals surface area contributed by atoms with E-state index in [1.54, 1.807) is 12.0 Å². The number of ether oxygens (including phenoxy) is 1. The van der Waals surface area contributed by atoms with Gasteiger partial charge in [-0.2, -0.15) is 0 Å². The summed E-state index contributed by atoms with van der Waals surface area (Å²) < 4.78 is 5.51. The third-order valence-corrected chi connectivity index (χ3v) is 5.27. The zero-order chi connectivity index (χ0) is 19.9. The highest BCUT2D eigenvalue weighted by molar-refractivity contribution is 6.00. The molecule has 2 aromatic carbocycles. The number of rotatable bonds is 6. The second-order valence-corrected chi connectivity index (χ2v) is 7.21. The van der Waals surface area contributed by atoms with Crippen LogP contribution in [0.4, 0.5) is 5.69 Å². The molecule has 1 unspecified atom stereocenters. The van der Waals surface area contributed by atoms with Gasteiger partial charge in [-0.25, -0.2) is 0 Å². The van der Waals surface area contributed by atoms with E-state index in [0.29, 0.717) is 17.0 Å². The molecule has 1 aliphatic rings. The first-order chi connectivity index (χ1) is 13.6. The van der Waals surface area contributed by atoms with E-state index in [0.717, 1.165) is 25.7 Å². The number of benzene rings is 2. The average Bonchev–Trinajstić information content (AvgIpc) is 2.73. The van der Waals surface area contributed by atoms with E-state index >= 15 is 0 Å². The Morgan fingerprint density at radius 2 is 1.64 bits per heavy atom. The number of amides is 2. The van der Waals surface area contributed by atoms with Crippen molar-refractivity contribution in [2.24, 2.45) is 0 Å². The van der Waals surface area contributed by atoms with Crippen molar-refractivity contribution in [3.8, 4) is 5.75 Å². The second kappa shape index (κ2) is 9.40. The van der Waals surface area contributed by atoms with Crippen LogP contribution in [0.5, 0.6) is 5.75 Å².